The van der Waals surface area contributed by atoms with E-state index < -0.39 is 5.41 Å². The fraction of sp³-hybridized carbons (Fsp3) is 0.538. The fourth-order valence-electron chi connectivity index (χ4n) is 1.82. The van der Waals surface area contributed by atoms with Crippen LogP contribution in [0.4, 0.5) is 5.69 Å². The van der Waals surface area contributed by atoms with E-state index in [1.54, 1.807) is 6.20 Å². The summed E-state index contributed by atoms with van der Waals surface area (Å²) in [5, 5.41) is 2.92. The van der Waals surface area contributed by atoms with Crippen LogP contribution in [0.5, 0.6) is 0 Å². The van der Waals surface area contributed by atoms with Gasteiger partial charge in [0.2, 0.25) is 5.91 Å². The molecule has 1 aromatic heterocycles. The highest BCUT2D eigenvalue weighted by Gasteiger charge is 2.33. The molecule has 0 saturated heterocycles. The molecule has 0 atom stereocenters. The second-order valence-electron chi connectivity index (χ2n) is 4.28. The summed E-state index contributed by atoms with van der Waals surface area (Å²) in [4.78, 5) is 16.4. The zero-order chi connectivity index (χ0) is 12.9. The first-order valence-electron chi connectivity index (χ1n) is 6.02. The lowest BCUT2D eigenvalue weighted by Gasteiger charge is -2.28. The number of hydrogen-bond acceptors (Lipinski definition) is 3. The Labute approximate surface area is 103 Å². The molecule has 3 N–H and O–H groups in total. The van der Waals surface area contributed by atoms with E-state index >= 15 is 0 Å². The highest BCUT2D eigenvalue weighted by Crippen LogP contribution is 2.27. The van der Waals surface area contributed by atoms with Crippen LogP contribution in [0.25, 0.3) is 0 Å². The van der Waals surface area contributed by atoms with E-state index in [9.17, 15) is 4.79 Å². The van der Waals surface area contributed by atoms with Crippen molar-refractivity contribution >= 4 is 11.6 Å². The SMILES string of the molecule is CCC(CC)(CN)C(=O)Nc1cccnc1C. The summed E-state index contributed by atoms with van der Waals surface area (Å²) < 4.78 is 0. The van der Waals surface area contributed by atoms with Gasteiger partial charge in [-0.3, -0.25) is 9.78 Å². The minimum atomic E-state index is -0.470. The molecule has 0 saturated carbocycles. The molecule has 1 heterocycles. The normalized spacial score (nSPS) is 11.3. The van der Waals surface area contributed by atoms with Crippen LogP contribution >= 0.6 is 0 Å². The number of rotatable bonds is 5. The molecule has 1 rings (SSSR count). The Morgan fingerprint density at radius 3 is 2.59 bits per heavy atom. The van der Waals surface area contributed by atoms with Crippen LogP contribution in [-0.2, 0) is 4.79 Å². The lowest BCUT2D eigenvalue weighted by molar-refractivity contribution is -0.125. The second-order valence-corrected chi connectivity index (χ2v) is 4.28. The van der Waals surface area contributed by atoms with Gasteiger partial charge in [0.25, 0.3) is 0 Å². The Morgan fingerprint density at radius 2 is 2.12 bits per heavy atom. The summed E-state index contributed by atoms with van der Waals surface area (Å²) in [5.41, 5.74) is 6.85. The smallest absolute Gasteiger partial charge is 0.231 e. The third-order valence-electron chi connectivity index (χ3n) is 3.48. The standard InChI is InChI=1S/C13H21N3O/c1-4-13(5-2,9-14)12(17)16-11-7-6-8-15-10(11)3/h6-8H,4-5,9,14H2,1-3H3,(H,16,17). The lowest BCUT2D eigenvalue weighted by atomic mass is 9.81. The van der Waals surface area contributed by atoms with Gasteiger partial charge in [0.15, 0.2) is 0 Å². The molecule has 0 aliphatic heterocycles. The largest absolute Gasteiger partial charge is 0.329 e. The zero-order valence-electron chi connectivity index (χ0n) is 10.8. The van der Waals surface area contributed by atoms with Gasteiger partial charge in [0, 0.05) is 12.7 Å². The molecule has 4 heteroatoms. The predicted octanol–water partition coefficient (Wildman–Crippen LogP) is 2.09. The summed E-state index contributed by atoms with van der Waals surface area (Å²) >= 11 is 0. The molecule has 0 radical (unpaired) electrons. The van der Waals surface area contributed by atoms with E-state index in [4.69, 9.17) is 5.73 Å². The summed E-state index contributed by atoms with van der Waals surface area (Å²) in [6.07, 6.45) is 3.19. The number of aromatic nitrogens is 1. The third-order valence-corrected chi connectivity index (χ3v) is 3.48. The maximum absolute atomic E-state index is 12.3. The van der Waals surface area contributed by atoms with Crippen LogP contribution < -0.4 is 11.1 Å². The van der Waals surface area contributed by atoms with Crippen molar-refractivity contribution < 1.29 is 4.79 Å². The van der Waals surface area contributed by atoms with Crippen LogP contribution in [-0.4, -0.2) is 17.4 Å². The van der Waals surface area contributed by atoms with Crippen LogP contribution in [0.1, 0.15) is 32.4 Å². The van der Waals surface area contributed by atoms with Crippen LogP contribution in [0.2, 0.25) is 0 Å². The van der Waals surface area contributed by atoms with E-state index in [-0.39, 0.29) is 5.91 Å². The first kappa shape index (κ1) is 13.6. The third kappa shape index (κ3) is 2.82. The van der Waals surface area contributed by atoms with Crippen molar-refractivity contribution in [2.75, 3.05) is 11.9 Å². The quantitative estimate of drug-likeness (QED) is 0.821. The Kier molecular flexibility index (Phi) is 4.63. The summed E-state index contributed by atoms with van der Waals surface area (Å²) in [6.45, 7) is 6.22. The number of amides is 1. The maximum Gasteiger partial charge on any atom is 0.231 e. The van der Waals surface area contributed by atoms with Crippen molar-refractivity contribution in [3.05, 3.63) is 24.0 Å². The van der Waals surface area contributed by atoms with Crippen molar-refractivity contribution in [2.24, 2.45) is 11.1 Å². The highest BCUT2D eigenvalue weighted by molar-refractivity contribution is 5.95. The number of nitrogens with one attached hydrogen (secondary N) is 1. The maximum atomic E-state index is 12.3. The topological polar surface area (TPSA) is 68.0 Å². The molecule has 4 nitrogen and oxygen atoms in total. The zero-order valence-corrected chi connectivity index (χ0v) is 10.8. The minimum absolute atomic E-state index is 0.0129. The van der Waals surface area contributed by atoms with E-state index in [0.29, 0.717) is 6.54 Å². The van der Waals surface area contributed by atoms with Crippen molar-refractivity contribution in [2.45, 2.75) is 33.6 Å². The first-order chi connectivity index (χ1) is 8.09. The summed E-state index contributed by atoms with van der Waals surface area (Å²) in [5.74, 6) is -0.0129. The van der Waals surface area contributed by atoms with Gasteiger partial charge in [-0.15, -0.1) is 0 Å². The summed E-state index contributed by atoms with van der Waals surface area (Å²) in [7, 11) is 0. The number of anilines is 1. The molecule has 94 valence electrons. The van der Waals surface area contributed by atoms with Gasteiger partial charge in [0.1, 0.15) is 0 Å². The van der Waals surface area contributed by atoms with Crippen molar-refractivity contribution in [1.82, 2.24) is 4.98 Å². The number of hydrogen-bond donors (Lipinski definition) is 2. The lowest BCUT2D eigenvalue weighted by Crippen LogP contribution is -2.41. The van der Waals surface area contributed by atoms with Gasteiger partial charge in [-0.2, -0.15) is 0 Å². The molecular formula is C13H21N3O. The van der Waals surface area contributed by atoms with E-state index in [1.165, 1.54) is 0 Å². The van der Waals surface area contributed by atoms with Gasteiger partial charge in [0.05, 0.1) is 16.8 Å². The van der Waals surface area contributed by atoms with E-state index in [0.717, 1.165) is 24.2 Å². The molecule has 0 fully saturated rings. The fourth-order valence-corrected chi connectivity index (χ4v) is 1.82. The van der Waals surface area contributed by atoms with Crippen molar-refractivity contribution in [3.8, 4) is 0 Å². The highest BCUT2D eigenvalue weighted by atomic mass is 16.2. The molecule has 0 aliphatic carbocycles. The number of pyridine rings is 1. The molecular weight excluding hydrogens is 214 g/mol. The summed E-state index contributed by atoms with van der Waals surface area (Å²) in [6, 6.07) is 3.66. The Hall–Kier alpha value is -1.42. The molecule has 0 aromatic carbocycles. The average Bonchev–Trinajstić information content (AvgIpc) is 2.35. The Morgan fingerprint density at radius 1 is 1.47 bits per heavy atom. The second kappa shape index (κ2) is 5.77. The van der Waals surface area contributed by atoms with Crippen LogP contribution in [0, 0.1) is 12.3 Å². The number of nitrogens with zero attached hydrogens (tertiary/aromatic N) is 1. The predicted molar refractivity (Wildman–Crippen MR) is 69.7 cm³/mol. The molecule has 1 aromatic rings. The van der Waals surface area contributed by atoms with E-state index in [1.807, 2.05) is 32.9 Å². The number of nitrogens with two attached hydrogens (primary N) is 1. The van der Waals surface area contributed by atoms with Gasteiger partial charge in [-0.1, -0.05) is 13.8 Å². The van der Waals surface area contributed by atoms with E-state index in [2.05, 4.69) is 10.3 Å². The molecule has 0 unspecified atom stereocenters. The van der Waals surface area contributed by atoms with Gasteiger partial charge in [-0.05, 0) is 31.9 Å². The molecule has 0 bridgehead atoms. The van der Waals surface area contributed by atoms with Crippen molar-refractivity contribution in [1.29, 1.82) is 0 Å². The van der Waals surface area contributed by atoms with Gasteiger partial charge < -0.3 is 11.1 Å². The number of aryl methyl sites for hydroxylation is 1. The Bertz CT molecular complexity index is 378. The van der Waals surface area contributed by atoms with Gasteiger partial charge in [-0.25, -0.2) is 0 Å². The Balaban J connectivity index is 2.88. The van der Waals surface area contributed by atoms with Crippen LogP contribution in [0.3, 0.4) is 0 Å². The first-order valence-corrected chi connectivity index (χ1v) is 6.02. The number of carbonyl (C=O) groups is 1. The molecule has 0 aliphatic rings. The minimum Gasteiger partial charge on any atom is -0.329 e. The van der Waals surface area contributed by atoms with Crippen molar-refractivity contribution in [3.63, 3.8) is 0 Å². The number of carbonyl (C=O) groups excluding carboxylic acids is 1. The van der Waals surface area contributed by atoms with Gasteiger partial charge >= 0.3 is 0 Å². The van der Waals surface area contributed by atoms with Crippen LogP contribution in [0.15, 0.2) is 18.3 Å². The molecule has 17 heavy (non-hydrogen) atoms. The average molecular weight is 235 g/mol. The molecule has 1 amide bonds. The monoisotopic (exact) mass is 235 g/mol. The molecule has 0 spiro atoms.